The van der Waals surface area contributed by atoms with E-state index < -0.39 is 12.8 Å². The maximum absolute atomic E-state index is 12.1. The van der Waals surface area contributed by atoms with Gasteiger partial charge >= 0.3 is 6.18 Å². The number of nitrogens with zero attached hydrogens (tertiary/aromatic N) is 2. The van der Waals surface area contributed by atoms with Crippen LogP contribution in [0.4, 0.5) is 13.2 Å². The smallest absolute Gasteiger partial charge is 0.422 e. The Morgan fingerprint density at radius 3 is 2.42 bits per heavy atom. The molecule has 1 aromatic rings. The lowest BCUT2D eigenvalue weighted by atomic mass is 10.0. The minimum Gasteiger partial charge on any atom is -0.468 e. The van der Waals surface area contributed by atoms with Gasteiger partial charge in [-0.1, -0.05) is 19.9 Å². The van der Waals surface area contributed by atoms with Gasteiger partial charge in [0.05, 0.1) is 0 Å². The predicted molar refractivity (Wildman–Crippen MR) is 108 cm³/mol. The van der Waals surface area contributed by atoms with Gasteiger partial charge in [-0.05, 0) is 31.2 Å². The fourth-order valence-electron chi connectivity index (χ4n) is 2.03. The van der Waals surface area contributed by atoms with Gasteiger partial charge in [0.1, 0.15) is 0 Å². The summed E-state index contributed by atoms with van der Waals surface area (Å²) in [6.45, 7) is 5.60. The van der Waals surface area contributed by atoms with Crippen molar-refractivity contribution in [3.8, 4) is 5.88 Å². The number of guanidine groups is 1. The lowest BCUT2D eigenvalue weighted by Gasteiger charge is -2.18. The van der Waals surface area contributed by atoms with Crippen molar-refractivity contribution in [3.63, 3.8) is 0 Å². The molecule has 1 rings (SSSR count). The van der Waals surface area contributed by atoms with Crippen molar-refractivity contribution in [2.75, 3.05) is 13.7 Å². The zero-order chi connectivity index (χ0) is 18.9. The van der Waals surface area contributed by atoms with Crippen LogP contribution in [0.25, 0.3) is 0 Å². The van der Waals surface area contributed by atoms with Crippen LogP contribution in [0.15, 0.2) is 23.3 Å². The lowest BCUT2D eigenvalue weighted by Crippen LogP contribution is -2.41. The average molecular weight is 488 g/mol. The monoisotopic (exact) mass is 488 g/mol. The first-order valence-electron chi connectivity index (χ1n) is 8.31. The van der Waals surface area contributed by atoms with Crippen LogP contribution in [0, 0.1) is 5.92 Å². The molecule has 0 spiro atoms. The van der Waals surface area contributed by atoms with Crippen molar-refractivity contribution < 1.29 is 17.9 Å². The number of aliphatic imine (C=N–C) groups is 1. The number of pyridine rings is 1. The molecule has 0 amide bonds. The Balaban J connectivity index is 0.00000625. The van der Waals surface area contributed by atoms with E-state index in [9.17, 15) is 13.2 Å². The Morgan fingerprint density at radius 1 is 1.23 bits per heavy atom. The molecular formula is C17H28F3IN4O. The van der Waals surface area contributed by atoms with Crippen LogP contribution in [0.3, 0.4) is 0 Å². The molecule has 0 bridgehead atoms. The van der Waals surface area contributed by atoms with Crippen LogP contribution in [-0.2, 0) is 6.54 Å². The van der Waals surface area contributed by atoms with Crippen molar-refractivity contribution in [2.24, 2.45) is 10.9 Å². The molecule has 2 N–H and O–H groups in total. The van der Waals surface area contributed by atoms with Crippen LogP contribution in [0.1, 0.15) is 39.2 Å². The Hall–Kier alpha value is -1.26. The van der Waals surface area contributed by atoms with E-state index in [-0.39, 0.29) is 29.9 Å². The van der Waals surface area contributed by atoms with Crippen LogP contribution < -0.4 is 15.4 Å². The third kappa shape index (κ3) is 11.4. The predicted octanol–water partition coefficient (Wildman–Crippen LogP) is 4.13. The number of aromatic nitrogens is 1. The average Bonchev–Trinajstić information content (AvgIpc) is 2.55. The van der Waals surface area contributed by atoms with Gasteiger partial charge in [0, 0.05) is 31.9 Å². The minimum absolute atomic E-state index is 0. The third-order valence-electron chi connectivity index (χ3n) is 3.43. The molecule has 1 unspecified atom stereocenters. The number of rotatable bonds is 8. The Bertz CT molecular complexity index is 536. The SMILES string of the molecule is CN=C(NCc1ccc(OCC(F)(F)F)nc1)NC(C)CCC(C)C.I. The summed E-state index contributed by atoms with van der Waals surface area (Å²) in [5.41, 5.74) is 0.817. The Morgan fingerprint density at radius 2 is 1.92 bits per heavy atom. The first-order chi connectivity index (χ1) is 11.7. The van der Waals surface area contributed by atoms with E-state index in [0.717, 1.165) is 18.4 Å². The van der Waals surface area contributed by atoms with Gasteiger partial charge in [-0.3, -0.25) is 4.99 Å². The highest BCUT2D eigenvalue weighted by Crippen LogP contribution is 2.17. The highest BCUT2D eigenvalue weighted by atomic mass is 127. The fourth-order valence-corrected chi connectivity index (χ4v) is 2.03. The number of halogens is 4. The minimum atomic E-state index is -4.37. The van der Waals surface area contributed by atoms with Gasteiger partial charge in [-0.15, -0.1) is 24.0 Å². The number of hydrogen-bond acceptors (Lipinski definition) is 3. The summed E-state index contributed by atoms with van der Waals surface area (Å²) < 4.78 is 40.8. The zero-order valence-corrected chi connectivity index (χ0v) is 17.9. The molecule has 0 aliphatic rings. The molecule has 150 valence electrons. The van der Waals surface area contributed by atoms with E-state index in [4.69, 9.17) is 0 Å². The van der Waals surface area contributed by atoms with Gasteiger partial charge in [-0.2, -0.15) is 13.2 Å². The summed E-state index contributed by atoms with van der Waals surface area (Å²) >= 11 is 0. The molecule has 26 heavy (non-hydrogen) atoms. The fraction of sp³-hybridized carbons (Fsp3) is 0.647. The maximum Gasteiger partial charge on any atom is 0.422 e. The molecule has 0 radical (unpaired) electrons. The molecule has 1 aromatic heterocycles. The normalized spacial score (nSPS) is 13.2. The van der Waals surface area contributed by atoms with Gasteiger partial charge in [-0.25, -0.2) is 4.98 Å². The van der Waals surface area contributed by atoms with E-state index in [1.807, 2.05) is 0 Å². The Kier molecular flexibility index (Phi) is 11.6. The molecule has 0 aliphatic carbocycles. The highest BCUT2D eigenvalue weighted by Gasteiger charge is 2.28. The quantitative estimate of drug-likeness (QED) is 0.328. The summed E-state index contributed by atoms with van der Waals surface area (Å²) in [7, 11) is 1.69. The van der Waals surface area contributed by atoms with Gasteiger partial charge < -0.3 is 15.4 Å². The molecule has 9 heteroatoms. The summed E-state index contributed by atoms with van der Waals surface area (Å²) in [5, 5.41) is 6.47. The molecule has 0 saturated heterocycles. The third-order valence-corrected chi connectivity index (χ3v) is 3.43. The first kappa shape index (κ1) is 24.7. The van der Waals surface area contributed by atoms with E-state index in [1.54, 1.807) is 13.1 Å². The topological polar surface area (TPSA) is 58.5 Å². The standard InChI is InChI=1S/C17H27F3N4O.HI/c1-12(2)5-6-13(3)24-16(21-4)23-10-14-7-8-15(22-9-14)25-11-17(18,19)20;/h7-9,12-13H,5-6,10-11H2,1-4H3,(H2,21,23,24);1H. The van der Waals surface area contributed by atoms with E-state index >= 15 is 0 Å². The number of nitrogens with one attached hydrogen (secondary N) is 2. The van der Waals surface area contributed by atoms with E-state index in [0.29, 0.717) is 24.5 Å². The second kappa shape index (κ2) is 12.2. The largest absolute Gasteiger partial charge is 0.468 e. The van der Waals surface area contributed by atoms with Crippen LogP contribution in [0.2, 0.25) is 0 Å². The second-order valence-corrected chi connectivity index (χ2v) is 6.35. The summed E-state index contributed by atoms with van der Waals surface area (Å²) in [4.78, 5) is 8.04. The second-order valence-electron chi connectivity index (χ2n) is 6.35. The van der Waals surface area contributed by atoms with E-state index in [1.165, 1.54) is 12.3 Å². The van der Waals surface area contributed by atoms with Crippen molar-refractivity contribution in [2.45, 2.75) is 52.4 Å². The number of hydrogen-bond donors (Lipinski definition) is 2. The summed E-state index contributed by atoms with van der Waals surface area (Å²) in [6.07, 6.45) is -0.708. The molecular weight excluding hydrogens is 460 g/mol. The lowest BCUT2D eigenvalue weighted by molar-refractivity contribution is -0.154. The summed E-state index contributed by atoms with van der Waals surface area (Å²) in [6, 6.07) is 3.38. The van der Waals surface area contributed by atoms with Gasteiger partial charge in [0.25, 0.3) is 0 Å². The Labute approximate surface area is 170 Å². The molecule has 1 atom stereocenters. The van der Waals surface area contributed by atoms with Crippen LogP contribution in [-0.4, -0.2) is 36.8 Å². The number of ether oxygens (including phenoxy) is 1. The van der Waals surface area contributed by atoms with Crippen molar-refractivity contribution in [1.29, 1.82) is 0 Å². The highest BCUT2D eigenvalue weighted by molar-refractivity contribution is 14.0. The first-order valence-corrected chi connectivity index (χ1v) is 8.31. The molecule has 5 nitrogen and oxygen atoms in total. The van der Waals surface area contributed by atoms with Crippen molar-refractivity contribution in [1.82, 2.24) is 15.6 Å². The van der Waals surface area contributed by atoms with Crippen LogP contribution in [0.5, 0.6) is 5.88 Å². The van der Waals surface area contributed by atoms with Crippen molar-refractivity contribution in [3.05, 3.63) is 23.9 Å². The van der Waals surface area contributed by atoms with Gasteiger partial charge in [0.2, 0.25) is 5.88 Å². The molecule has 0 aliphatic heterocycles. The maximum atomic E-state index is 12.1. The molecule has 1 heterocycles. The molecule has 0 saturated carbocycles. The van der Waals surface area contributed by atoms with Gasteiger partial charge in [0.15, 0.2) is 12.6 Å². The van der Waals surface area contributed by atoms with Crippen molar-refractivity contribution >= 4 is 29.9 Å². The summed E-state index contributed by atoms with van der Waals surface area (Å²) in [5.74, 6) is 1.28. The van der Waals surface area contributed by atoms with E-state index in [2.05, 4.69) is 46.1 Å². The molecule has 0 fully saturated rings. The molecule has 0 aromatic carbocycles. The number of alkyl halides is 3. The zero-order valence-electron chi connectivity index (χ0n) is 15.6. The van der Waals surface area contributed by atoms with Crippen LogP contribution >= 0.6 is 24.0 Å².